The van der Waals surface area contributed by atoms with Crippen molar-refractivity contribution < 1.29 is 0 Å². The lowest BCUT2D eigenvalue weighted by Gasteiger charge is -2.28. The van der Waals surface area contributed by atoms with E-state index < -0.39 is 0 Å². The summed E-state index contributed by atoms with van der Waals surface area (Å²) in [7, 11) is 0. The highest BCUT2D eigenvalue weighted by Crippen LogP contribution is 2.48. The molecule has 64 valence electrons. The molecule has 0 radical (unpaired) electrons. The van der Waals surface area contributed by atoms with E-state index in [9.17, 15) is 0 Å². The van der Waals surface area contributed by atoms with Crippen molar-refractivity contribution in [3.63, 3.8) is 0 Å². The summed E-state index contributed by atoms with van der Waals surface area (Å²) in [5.74, 6) is 0. The summed E-state index contributed by atoms with van der Waals surface area (Å²) in [6.45, 7) is 3.63. The Bertz CT molecular complexity index is 134. The zero-order valence-electron chi connectivity index (χ0n) is 7.53. The molecule has 1 heteroatoms. The molecule has 0 amide bonds. The average molecular weight is 153 g/mol. The summed E-state index contributed by atoms with van der Waals surface area (Å²) in [6.07, 6.45) is 8.65. The Morgan fingerprint density at radius 1 is 1.36 bits per heavy atom. The molecule has 0 aliphatic heterocycles. The molecule has 0 aromatic carbocycles. The lowest BCUT2D eigenvalue weighted by atomic mass is 9.92. The van der Waals surface area contributed by atoms with Gasteiger partial charge in [-0.3, -0.25) is 0 Å². The molecule has 1 nitrogen and oxygen atoms in total. The van der Waals surface area contributed by atoms with Gasteiger partial charge in [-0.05, 0) is 37.5 Å². The fraction of sp³-hybridized carbons (Fsp3) is 1.00. The van der Waals surface area contributed by atoms with Crippen molar-refractivity contribution >= 4 is 0 Å². The molecule has 2 aliphatic rings. The second-order valence-corrected chi connectivity index (χ2v) is 4.36. The first-order valence-corrected chi connectivity index (χ1v) is 5.08. The predicted octanol–water partition coefficient (Wildman–Crippen LogP) is 2.32. The molecule has 0 spiro atoms. The Morgan fingerprint density at radius 2 is 2.09 bits per heavy atom. The summed E-state index contributed by atoms with van der Waals surface area (Å²) < 4.78 is 0. The fourth-order valence-electron chi connectivity index (χ4n) is 1.81. The van der Waals surface area contributed by atoms with Gasteiger partial charge in [-0.2, -0.15) is 0 Å². The maximum absolute atomic E-state index is 3.67. The highest BCUT2D eigenvalue weighted by Gasteiger charge is 2.40. The van der Waals surface area contributed by atoms with E-state index in [2.05, 4.69) is 12.2 Å². The number of rotatable bonds is 4. The van der Waals surface area contributed by atoms with Crippen LogP contribution in [0.2, 0.25) is 0 Å². The monoisotopic (exact) mass is 153 g/mol. The largest absolute Gasteiger partial charge is 0.313 e. The van der Waals surface area contributed by atoms with Gasteiger partial charge in [-0.15, -0.1) is 0 Å². The van der Waals surface area contributed by atoms with Gasteiger partial charge >= 0.3 is 0 Å². The molecule has 2 rings (SSSR count). The minimum atomic E-state index is 0.746. The van der Waals surface area contributed by atoms with Crippen molar-refractivity contribution in [2.24, 2.45) is 5.41 Å². The van der Waals surface area contributed by atoms with Crippen LogP contribution in [-0.2, 0) is 0 Å². The van der Waals surface area contributed by atoms with Crippen LogP contribution in [0.25, 0.3) is 0 Å². The standard InChI is InChI=1S/C10H19N/c1-2-10(6-7-10)8-11-9-4-3-5-9/h9,11H,2-8H2,1H3. The molecule has 1 N–H and O–H groups in total. The highest BCUT2D eigenvalue weighted by molar-refractivity contribution is 4.94. The van der Waals surface area contributed by atoms with Crippen LogP contribution >= 0.6 is 0 Å². The van der Waals surface area contributed by atoms with Crippen LogP contribution in [0, 0.1) is 5.41 Å². The topological polar surface area (TPSA) is 12.0 Å². The van der Waals surface area contributed by atoms with Crippen LogP contribution in [0.5, 0.6) is 0 Å². The average Bonchev–Trinajstić information content (AvgIpc) is 2.66. The van der Waals surface area contributed by atoms with Crippen molar-refractivity contribution in [2.45, 2.75) is 51.5 Å². The second-order valence-electron chi connectivity index (χ2n) is 4.36. The molecule has 2 aliphatic carbocycles. The van der Waals surface area contributed by atoms with E-state index >= 15 is 0 Å². The first kappa shape index (κ1) is 7.60. The van der Waals surface area contributed by atoms with Gasteiger partial charge in [-0.25, -0.2) is 0 Å². The third-order valence-corrected chi connectivity index (χ3v) is 3.58. The minimum absolute atomic E-state index is 0.746. The van der Waals surface area contributed by atoms with Gasteiger partial charge in [0.15, 0.2) is 0 Å². The highest BCUT2D eigenvalue weighted by atomic mass is 14.9. The second kappa shape index (κ2) is 2.78. The third-order valence-electron chi connectivity index (χ3n) is 3.58. The molecule has 0 aromatic heterocycles. The van der Waals surface area contributed by atoms with Crippen LogP contribution in [0.15, 0.2) is 0 Å². The summed E-state index contributed by atoms with van der Waals surface area (Å²) in [6, 6.07) is 0.888. The van der Waals surface area contributed by atoms with Gasteiger partial charge in [0, 0.05) is 12.6 Å². The molecule has 0 saturated heterocycles. The zero-order chi connectivity index (χ0) is 7.73. The van der Waals surface area contributed by atoms with Gasteiger partial charge in [0.25, 0.3) is 0 Å². The van der Waals surface area contributed by atoms with Crippen molar-refractivity contribution in [1.82, 2.24) is 5.32 Å². The van der Waals surface area contributed by atoms with E-state index in [1.807, 2.05) is 0 Å². The van der Waals surface area contributed by atoms with E-state index in [0.29, 0.717) is 0 Å². The molecule has 11 heavy (non-hydrogen) atoms. The number of hydrogen-bond donors (Lipinski definition) is 1. The fourth-order valence-corrected chi connectivity index (χ4v) is 1.81. The quantitative estimate of drug-likeness (QED) is 0.653. The van der Waals surface area contributed by atoms with Crippen molar-refractivity contribution in [1.29, 1.82) is 0 Å². The smallest absolute Gasteiger partial charge is 0.00673 e. The first-order valence-electron chi connectivity index (χ1n) is 5.08. The van der Waals surface area contributed by atoms with E-state index in [4.69, 9.17) is 0 Å². The van der Waals surface area contributed by atoms with E-state index in [1.54, 1.807) is 0 Å². The Kier molecular flexibility index (Phi) is 1.92. The lowest BCUT2D eigenvalue weighted by Crippen LogP contribution is -2.38. The Morgan fingerprint density at radius 3 is 2.45 bits per heavy atom. The van der Waals surface area contributed by atoms with E-state index in [1.165, 1.54) is 45.1 Å². The molecule has 0 heterocycles. The number of nitrogens with one attached hydrogen (secondary N) is 1. The molecule has 0 atom stereocenters. The van der Waals surface area contributed by atoms with Gasteiger partial charge in [0.05, 0.1) is 0 Å². The summed E-state index contributed by atoms with van der Waals surface area (Å²) in [5, 5.41) is 3.67. The first-order chi connectivity index (χ1) is 5.35. The summed E-state index contributed by atoms with van der Waals surface area (Å²) >= 11 is 0. The summed E-state index contributed by atoms with van der Waals surface area (Å²) in [5.41, 5.74) is 0.746. The number of hydrogen-bond acceptors (Lipinski definition) is 1. The van der Waals surface area contributed by atoms with Crippen LogP contribution in [0.3, 0.4) is 0 Å². The molecule has 0 unspecified atom stereocenters. The van der Waals surface area contributed by atoms with Crippen LogP contribution in [0.4, 0.5) is 0 Å². The lowest BCUT2D eigenvalue weighted by molar-refractivity contribution is 0.305. The predicted molar refractivity (Wildman–Crippen MR) is 47.6 cm³/mol. The van der Waals surface area contributed by atoms with Crippen LogP contribution in [0.1, 0.15) is 45.4 Å². The Hall–Kier alpha value is -0.0400. The summed E-state index contributed by atoms with van der Waals surface area (Å²) in [4.78, 5) is 0. The maximum Gasteiger partial charge on any atom is 0.00673 e. The van der Waals surface area contributed by atoms with E-state index in [-0.39, 0.29) is 0 Å². The molecule has 0 bridgehead atoms. The van der Waals surface area contributed by atoms with Crippen molar-refractivity contribution in [3.05, 3.63) is 0 Å². The van der Waals surface area contributed by atoms with Gasteiger partial charge in [0.2, 0.25) is 0 Å². The van der Waals surface area contributed by atoms with Gasteiger partial charge < -0.3 is 5.32 Å². The Balaban J connectivity index is 1.65. The molecule has 2 fully saturated rings. The van der Waals surface area contributed by atoms with Crippen molar-refractivity contribution in [2.75, 3.05) is 6.54 Å². The van der Waals surface area contributed by atoms with Crippen molar-refractivity contribution in [3.8, 4) is 0 Å². The van der Waals surface area contributed by atoms with Gasteiger partial charge in [-0.1, -0.05) is 13.3 Å². The molecular weight excluding hydrogens is 134 g/mol. The van der Waals surface area contributed by atoms with Gasteiger partial charge in [0.1, 0.15) is 0 Å². The molecular formula is C10H19N. The maximum atomic E-state index is 3.67. The zero-order valence-corrected chi connectivity index (χ0v) is 7.53. The SMILES string of the molecule is CCC1(CNC2CCC2)CC1. The Labute approximate surface area is 69.6 Å². The normalized spacial score (nSPS) is 28.1. The minimum Gasteiger partial charge on any atom is -0.313 e. The molecule has 0 aromatic rings. The molecule has 2 saturated carbocycles. The van der Waals surface area contributed by atoms with E-state index in [0.717, 1.165) is 11.5 Å². The van der Waals surface area contributed by atoms with Crippen LogP contribution < -0.4 is 5.32 Å². The third kappa shape index (κ3) is 1.58. The van der Waals surface area contributed by atoms with Crippen LogP contribution in [-0.4, -0.2) is 12.6 Å².